The smallest absolute Gasteiger partial charge is 0.264 e. The maximum Gasteiger partial charge on any atom is 0.264 e. The van der Waals surface area contributed by atoms with Gasteiger partial charge in [0, 0.05) is 17.8 Å². The minimum Gasteiger partial charge on any atom is -0.345 e. The minimum atomic E-state index is -3.82. The number of benzene rings is 2. The number of para-hydroxylation sites is 1. The Morgan fingerprint density at radius 3 is 2.75 bits per heavy atom. The van der Waals surface area contributed by atoms with Crippen molar-refractivity contribution in [2.45, 2.75) is 30.8 Å². The molecule has 0 spiro atoms. The average Bonchev–Trinajstić information content (AvgIpc) is 3.37. The number of carbonyl (C=O) groups excluding carboxylic acids is 1. The number of hydrogen-bond donors (Lipinski definition) is 1. The van der Waals surface area contributed by atoms with Gasteiger partial charge in [0.25, 0.3) is 15.9 Å². The lowest BCUT2D eigenvalue weighted by Gasteiger charge is -2.24. The summed E-state index contributed by atoms with van der Waals surface area (Å²) in [5.74, 6) is 0.199. The Kier molecular flexibility index (Phi) is 4.90. The molecule has 2 aromatic carbocycles. The van der Waals surface area contributed by atoms with Gasteiger partial charge in [-0.25, -0.2) is 8.42 Å². The van der Waals surface area contributed by atoms with Crippen LogP contribution in [-0.4, -0.2) is 35.0 Å². The molecule has 0 saturated carbocycles. The van der Waals surface area contributed by atoms with Gasteiger partial charge < -0.3 is 5.32 Å². The number of pyridine rings is 1. The molecular weight excluding hydrogens is 426 g/mol. The highest BCUT2D eigenvalue weighted by atomic mass is 32.2. The number of fused-ring (bicyclic) bond motifs is 2. The number of nitrogens with one attached hydrogen (secondary N) is 1. The summed E-state index contributed by atoms with van der Waals surface area (Å²) >= 11 is 0. The lowest BCUT2D eigenvalue weighted by molar-refractivity contribution is 0.0949. The summed E-state index contributed by atoms with van der Waals surface area (Å²) in [5.41, 5.74) is 2.64. The first-order valence-corrected chi connectivity index (χ1v) is 11.7. The number of aromatic nitrogens is 3. The second-order valence-electron chi connectivity index (χ2n) is 7.74. The van der Waals surface area contributed by atoms with E-state index in [2.05, 4.69) is 15.5 Å². The predicted octanol–water partition coefficient (Wildman–Crippen LogP) is 2.80. The van der Waals surface area contributed by atoms with Crippen molar-refractivity contribution in [3.63, 3.8) is 0 Å². The third-order valence-corrected chi connectivity index (χ3v) is 7.51. The Morgan fingerprint density at radius 2 is 1.88 bits per heavy atom. The van der Waals surface area contributed by atoms with Crippen molar-refractivity contribution in [2.75, 3.05) is 4.31 Å². The van der Waals surface area contributed by atoms with Crippen LogP contribution in [0.3, 0.4) is 0 Å². The number of nitrogens with zero attached hydrogens (tertiary/aromatic N) is 4. The van der Waals surface area contributed by atoms with Crippen LogP contribution >= 0.6 is 0 Å². The van der Waals surface area contributed by atoms with E-state index in [0.29, 0.717) is 23.6 Å². The maximum absolute atomic E-state index is 13.4. The van der Waals surface area contributed by atoms with Gasteiger partial charge in [-0.05, 0) is 55.3 Å². The third kappa shape index (κ3) is 3.40. The van der Waals surface area contributed by atoms with Crippen LogP contribution in [0.5, 0.6) is 0 Å². The monoisotopic (exact) mass is 447 g/mol. The lowest BCUT2D eigenvalue weighted by Crippen LogP contribution is -2.35. The van der Waals surface area contributed by atoms with E-state index in [1.165, 1.54) is 16.4 Å². The molecular formula is C23H21N5O3S. The molecule has 4 aromatic rings. The van der Waals surface area contributed by atoms with Gasteiger partial charge in [0.1, 0.15) is 0 Å². The van der Waals surface area contributed by atoms with Gasteiger partial charge in [0.15, 0.2) is 11.5 Å². The van der Waals surface area contributed by atoms with E-state index in [0.717, 1.165) is 5.56 Å². The van der Waals surface area contributed by atoms with Crippen molar-refractivity contribution in [1.29, 1.82) is 0 Å². The zero-order valence-corrected chi connectivity index (χ0v) is 18.2. The molecule has 1 aliphatic heterocycles. The first-order chi connectivity index (χ1) is 15.4. The molecule has 1 atom stereocenters. The summed E-state index contributed by atoms with van der Waals surface area (Å²) in [6.45, 7) is 2.05. The van der Waals surface area contributed by atoms with Crippen LogP contribution in [0.4, 0.5) is 5.69 Å². The topological polar surface area (TPSA) is 96.7 Å². The number of amides is 1. The van der Waals surface area contributed by atoms with Crippen LogP contribution in [0.15, 0.2) is 77.8 Å². The second-order valence-corrected chi connectivity index (χ2v) is 9.55. The third-order valence-electron chi connectivity index (χ3n) is 5.59. The van der Waals surface area contributed by atoms with Crippen LogP contribution in [0.1, 0.15) is 28.7 Å². The van der Waals surface area contributed by atoms with E-state index in [-0.39, 0.29) is 29.0 Å². The zero-order chi connectivity index (χ0) is 22.3. The SMILES string of the molecule is C[C@H]1Cc2ccccc2N1S(=O)(=O)c1cccc(C(=O)NCc2nnc3ccccn23)c1. The van der Waals surface area contributed by atoms with Gasteiger partial charge in [-0.15, -0.1) is 10.2 Å². The Balaban J connectivity index is 1.39. The predicted molar refractivity (Wildman–Crippen MR) is 120 cm³/mol. The van der Waals surface area contributed by atoms with Crippen molar-refractivity contribution in [1.82, 2.24) is 19.9 Å². The summed E-state index contributed by atoms with van der Waals surface area (Å²) in [7, 11) is -3.82. The number of rotatable bonds is 5. The molecule has 1 aliphatic rings. The molecule has 32 heavy (non-hydrogen) atoms. The highest BCUT2D eigenvalue weighted by molar-refractivity contribution is 7.92. The van der Waals surface area contributed by atoms with Crippen LogP contribution < -0.4 is 9.62 Å². The molecule has 8 nitrogen and oxygen atoms in total. The molecule has 3 heterocycles. The average molecular weight is 448 g/mol. The Morgan fingerprint density at radius 1 is 1.06 bits per heavy atom. The molecule has 5 rings (SSSR count). The second kappa shape index (κ2) is 7.76. The van der Waals surface area contributed by atoms with Crippen molar-refractivity contribution < 1.29 is 13.2 Å². The highest BCUT2D eigenvalue weighted by Crippen LogP contribution is 2.36. The molecule has 0 fully saturated rings. The summed E-state index contributed by atoms with van der Waals surface area (Å²) in [6, 6.07) is 19.0. The van der Waals surface area contributed by atoms with Gasteiger partial charge in [0.05, 0.1) is 17.1 Å². The summed E-state index contributed by atoms with van der Waals surface area (Å²) in [4.78, 5) is 12.8. The van der Waals surface area contributed by atoms with Gasteiger partial charge in [-0.3, -0.25) is 13.5 Å². The number of anilines is 1. The number of carbonyl (C=O) groups is 1. The van der Waals surface area contributed by atoms with Gasteiger partial charge in [-0.1, -0.05) is 30.3 Å². The zero-order valence-electron chi connectivity index (χ0n) is 17.3. The number of sulfonamides is 1. The summed E-state index contributed by atoms with van der Waals surface area (Å²) in [5, 5.41) is 11.0. The molecule has 0 radical (unpaired) electrons. The molecule has 0 bridgehead atoms. The van der Waals surface area contributed by atoms with E-state index < -0.39 is 10.0 Å². The molecule has 2 aromatic heterocycles. The van der Waals surface area contributed by atoms with Crippen molar-refractivity contribution in [3.05, 3.63) is 89.9 Å². The molecule has 0 saturated heterocycles. The molecule has 1 N–H and O–H groups in total. The molecule has 9 heteroatoms. The fourth-order valence-corrected chi connectivity index (χ4v) is 5.83. The van der Waals surface area contributed by atoms with E-state index in [9.17, 15) is 13.2 Å². The lowest BCUT2D eigenvalue weighted by atomic mass is 10.1. The molecule has 1 amide bonds. The molecule has 0 aliphatic carbocycles. The van der Waals surface area contributed by atoms with Crippen molar-refractivity contribution in [3.8, 4) is 0 Å². The minimum absolute atomic E-state index is 0.0848. The maximum atomic E-state index is 13.4. The first kappa shape index (κ1) is 20.2. The summed E-state index contributed by atoms with van der Waals surface area (Å²) in [6.07, 6.45) is 2.47. The van der Waals surface area contributed by atoms with Gasteiger partial charge >= 0.3 is 0 Å². The summed E-state index contributed by atoms with van der Waals surface area (Å²) < 4.78 is 30.1. The fourth-order valence-electron chi connectivity index (χ4n) is 4.09. The van der Waals surface area contributed by atoms with Gasteiger partial charge in [0.2, 0.25) is 0 Å². The number of hydrogen-bond acceptors (Lipinski definition) is 5. The van der Waals surface area contributed by atoms with Crippen LogP contribution in [-0.2, 0) is 23.0 Å². The first-order valence-electron chi connectivity index (χ1n) is 10.2. The standard InChI is InChI=1S/C23H21N5O3S/c1-16-13-17-7-2-3-10-20(17)28(16)32(30,31)19-9-6-8-18(14-19)23(29)24-15-22-26-25-21-11-4-5-12-27(21)22/h2-12,14,16H,13,15H2,1H3,(H,24,29)/t16-/m0/s1. The Hall–Kier alpha value is -3.72. The van der Waals surface area contributed by atoms with E-state index in [1.54, 1.807) is 16.5 Å². The van der Waals surface area contributed by atoms with Crippen molar-refractivity contribution >= 4 is 27.3 Å². The Bertz CT molecular complexity index is 1430. The van der Waals surface area contributed by atoms with Crippen molar-refractivity contribution in [2.24, 2.45) is 0 Å². The molecule has 0 unspecified atom stereocenters. The van der Waals surface area contributed by atoms with Crippen LogP contribution in [0.25, 0.3) is 5.65 Å². The van der Waals surface area contributed by atoms with Gasteiger partial charge in [-0.2, -0.15) is 0 Å². The highest BCUT2D eigenvalue weighted by Gasteiger charge is 2.36. The van der Waals surface area contributed by atoms with Crippen LogP contribution in [0, 0.1) is 0 Å². The fraction of sp³-hybridized carbons (Fsp3) is 0.174. The quantitative estimate of drug-likeness (QED) is 0.508. The van der Waals surface area contributed by atoms with E-state index >= 15 is 0 Å². The van der Waals surface area contributed by atoms with E-state index in [1.807, 2.05) is 55.6 Å². The largest absolute Gasteiger partial charge is 0.345 e. The Labute approximate surface area is 185 Å². The molecule has 162 valence electrons. The van der Waals surface area contributed by atoms with Crippen LogP contribution in [0.2, 0.25) is 0 Å². The normalized spacial score (nSPS) is 15.7. The van der Waals surface area contributed by atoms with E-state index in [4.69, 9.17) is 0 Å².